The number of nitrogens with two attached hydrogens (primary N) is 1. The number of para-hydroxylation sites is 1. The van der Waals surface area contributed by atoms with E-state index in [1.807, 2.05) is 41.3 Å². The van der Waals surface area contributed by atoms with Gasteiger partial charge in [0.05, 0.1) is 25.4 Å². The normalized spacial score (nSPS) is 12.3. The third-order valence-electron chi connectivity index (χ3n) is 7.53. The average Bonchev–Trinajstić information content (AvgIpc) is 3.04. The molecule has 5 nitrogen and oxygen atoms in total. The first-order valence-corrected chi connectivity index (χ1v) is 17.0. The van der Waals surface area contributed by atoms with Gasteiger partial charge in [-0.05, 0) is 105 Å². The van der Waals surface area contributed by atoms with E-state index < -0.39 is 0 Å². The molecule has 0 aliphatic heterocycles. The minimum Gasteiger partial charge on any atom is -0.497 e. The van der Waals surface area contributed by atoms with E-state index in [2.05, 4.69) is 117 Å². The summed E-state index contributed by atoms with van der Waals surface area (Å²) in [6, 6.07) is 22.8. The number of ether oxygens (including phenoxy) is 2. The minimum absolute atomic E-state index is 0.137. The summed E-state index contributed by atoms with van der Waals surface area (Å²) in [4.78, 5) is 16.0. The Balaban J connectivity index is 0.00000171. The van der Waals surface area contributed by atoms with Gasteiger partial charge in [-0.25, -0.2) is 4.79 Å². The molecule has 3 aromatic carbocycles. The number of carbonyl (C=O) groups excluding carboxylic acids is 1. The number of carbonyl (C=O) groups is 1. The summed E-state index contributed by atoms with van der Waals surface area (Å²) in [5.74, 6) is 2.03. The highest BCUT2D eigenvalue weighted by Crippen LogP contribution is 2.41. The molecule has 2 N–H and O–H groups in total. The molecule has 5 heteroatoms. The Morgan fingerprint density at radius 3 is 2.11 bits per heavy atom. The van der Waals surface area contributed by atoms with Crippen molar-refractivity contribution in [2.75, 3.05) is 25.7 Å². The number of rotatable bonds is 13. The van der Waals surface area contributed by atoms with Gasteiger partial charge in [-0.3, -0.25) is 4.90 Å². The number of methoxy groups -OCH3 is 1. The van der Waals surface area contributed by atoms with Gasteiger partial charge in [-0.1, -0.05) is 120 Å². The van der Waals surface area contributed by atoms with Crippen molar-refractivity contribution >= 4 is 11.8 Å². The summed E-state index contributed by atoms with van der Waals surface area (Å²) in [6.45, 7) is 23.4. The van der Waals surface area contributed by atoms with Crippen molar-refractivity contribution in [2.24, 2.45) is 17.6 Å². The van der Waals surface area contributed by atoms with Crippen molar-refractivity contribution in [3.8, 4) is 5.75 Å². The summed E-state index contributed by atoms with van der Waals surface area (Å²) in [7, 11) is 3.19. The van der Waals surface area contributed by atoms with Gasteiger partial charge < -0.3 is 15.2 Å². The van der Waals surface area contributed by atoms with Crippen LogP contribution in [0.15, 0.2) is 91.0 Å². The van der Waals surface area contributed by atoms with Gasteiger partial charge in [0.2, 0.25) is 0 Å². The molecule has 2 unspecified atom stereocenters. The van der Waals surface area contributed by atoms with E-state index in [4.69, 9.17) is 9.47 Å². The van der Waals surface area contributed by atoms with E-state index >= 15 is 0 Å². The summed E-state index contributed by atoms with van der Waals surface area (Å²) in [5, 5.41) is 0. The van der Waals surface area contributed by atoms with Gasteiger partial charge >= 0.3 is 6.09 Å². The molecular weight excluding hydrogens is 580 g/mol. The van der Waals surface area contributed by atoms with Crippen LogP contribution in [0, 0.1) is 25.7 Å². The molecule has 0 spiro atoms. The van der Waals surface area contributed by atoms with Crippen LogP contribution in [0.5, 0.6) is 5.75 Å². The molecule has 0 bridgehead atoms. The maximum atomic E-state index is 14.1. The van der Waals surface area contributed by atoms with Crippen LogP contribution in [0.3, 0.4) is 0 Å². The number of hydrogen-bond donors (Lipinski definition) is 1. The zero-order chi connectivity index (χ0) is 35.5. The number of hydrogen-bond acceptors (Lipinski definition) is 4. The predicted molar refractivity (Wildman–Crippen MR) is 203 cm³/mol. The Labute approximate surface area is 286 Å². The van der Waals surface area contributed by atoms with Crippen molar-refractivity contribution in [3.63, 3.8) is 0 Å². The second-order valence-corrected chi connectivity index (χ2v) is 13.1. The smallest absolute Gasteiger partial charge is 0.414 e. The Kier molecular flexibility index (Phi) is 19.2. The van der Waals surface area contributed by atoms with Crippen LogP contribution in [0.25, 0.3) is 0 Å². The molecule has 0 aliphatic rings. The number of allylic oxidation sites excluding steroid dienone is 3. The standard InChI is InChI=1S/C37H47NO3.C4H10.CH5N/c1-9-13-27(5)23-32(31-17-19-33(40-8)20-18-31)24-36(34-21-16-28(6)22-30(34)10-2)38(37(39)41-25-26(3)4)35-15-12-11-14-29(35)7;1-4(2)3;1-2/h9,11-22,26,32,36H,1,10,23-25H2,2-8H3;4H,1-3H3;2H2,1H3/b27-13-;;. The monoisotopic (exact) mass is 642 g/mol. The number of benzene rings is 3. The van der Waals surface area contributed by atoms with E-state index in [0.717, 1.165) is 47.7 Å². The maximum Gasteiger partial charge on any atom is 0.414 e. The molecule has 0 saturated heterocycles. The van der Waals surface area contributed by atoms with Crippen LogP contribution in [0.4, 0.5) is 10.5 Å². The van der Waals surface area contributed by atoms with Crippen molar-refractivity contribution in [2.45, 2.75) is 93.5 Å². The predicted octanol–water partition coefficient (Wildman–Crippen LogP) is 11.1. The van der Waals surface area contributed by atoms with Gasteiger partial charge in [-0.2, -0.15) is 0 Å². The number of anilines is 1. The zero-order valence-corrected chi connectivity index (χ0v) is 31.1. The lowest BCUT2D eigenvalue weighted by Crippen LogP contribution is -2.38. The second kappa shape index (κ2) is 21.9. The van der Waals surface area contributed by atoms with Gasteiger partial charge in [0.15, 0.2) is 0 Å². The third kappa shape index (κ3) is 13.8. The van der Waals surface area contributed by atoms with Crippen LogP contribution < -0.4 is 15.4 Å². The lowest BCUT2D eigenvalue weighted by atomic mass is 9.82. The molecule has 0 radical (unpaired) electrons. The molecule has 0 aliphatic carbocycles. The molecule has 0 aromatic heterocycles. The molecule has 1 amide bonds. The zero-order valence-electron chi connectivity index (χ0n) is 31.1. The quantitative estimate of drug-likeness (QED) is 0.188. The lowest BCUT2D eigenvalue weighted by Gasteiger charge is -2.36. The van der Waals surface area contributed by atoms with E-state index in [1.54, 1.807) is 7.11 Å². The van der Waals surface area contributed by atoms with E-state index in [1.165, 1.54) is 29.3 Å². The van der Waals surface area contributed by atoms with Gasteiger partial charge in [-0.15, -0.1) is 0 Å². The van der Waals surface area contributed by atoms with E-state index in [-0.39, 0.29) is 24.0 Å². The van der Waals surface area contributed by atoms with Crippen LogP contribution in [0.1, 0.15) is 101 Å². The SMILES string of the molecule is C=C/C=C(/C)CC(CC(c1ccc(C)cc1CC)N(C(=O)OCC(C)C)c1ccccc1C)c1ccc(OC)cc1.CC(C)C.CN. The van der Waals surface area contributed by atoms with Gasteiger partial charge in [0, 0.05) is 0 Å². The number of nitrogens with zero attached hydrogens (tertiary/aromatic N) is 1. The summed E-state index contributed by atoms with van der Waals surface area (Å²) < 4.78 is 11.4. The van der Waals surface area contributed by atoms with Crippen LogP contribution >= 0.6 is 0 Å². The minimum atomic E-state index is -0.313. The summed E-state index contributed by atoms with van der Waals surface area (Å²) >= 11 is 0. The Morgan fingerprint density at radius 1 is 0.957 bits per heavy atom. The van der Waals surface area contributed by atoms with Crippen molar-refractivity contribution in [3.05, 3.63) is 119 Å². The molecule has 3 rings (SSSR count). The van der Waals surface area contributed by atoms with Gasteiger partial charge in [0.1, 0.15) is 5.75 Å². The van der Waals surface area contributed by atoms with Crippen LogP contribution in [-0.4, -0.2) is 26.9 Å². The summed E-state index contributed by atoms with van der Waals surface area (Å²) in [6.07, 6.45) is 6.03. The molecule has 2 atom stereocenters. The topological polar surface area (TPSA) is 64.8 Å². The maximum absolute atomic E-state index is 14.1. The highest BCUT2D eigenvalue weighted by molar-refractivity contribution is 5.89. The van der Waals surface area contributed by atoms with Crippen molar-refractivity contribution in [1.29, 1.82) is 0 Å². The molecule has 258 valence electrons. The second-order valence-electron chi connectivity index (χ2n) is 13.1. The van der Waals surface area contributed by atoms with Crippen LogP contribution in [0.2, 0.25) is 0 Å². The molecule has 47 heavy (non-hydrogen) atoms. The Hall–Kier alpha value is -3.83. The highest BCUT2D eigenvalue weighted by atomic mass is 16.6. The first kappa shape index (κ1) is 41.2. The summed E-state index contributed by atoms with van der Waals surface area (Å²) in [5.41, 5.74) is 12.5. The van der Waals surface area contributed by atoms with E-state index in [0.29, 0.717) is 6.61 Å². The fourth-order valence-corrected chi connectivity index (χ4v) is 5.41. The first-order chi connectivity index (χ1) is 22.4. The van der Waals surface area contributed by atoms with Gasteiger partial charge in [0.25, 0.3) is 0 Å². The lowest BCUT2D eigenvalue weighted by molar-refractivity contribution is 0.137. The van der Waals surface area contributed by atoms with Crippen molar-refractivity contribution < 1.29 is 14.3 Å². The number of amides is 1. The van der Waals surface area contributed by atoms with Crippen molar-refractivity contribution in [1.82, 2.24) is 0 Å². The molecule has 0 saturated carbocycles. The van der Waals surface area contributed by atoms with Crippen LogP contribution in [-0.2, 0) is 11.2 Å². The fourth-order valence-electron chi connectivity index (χ4n) is 5.41. The fraction of sp³-hybridized carbons (Fsp3) is 0.452. The molecule has 0 heterocycles. The Morgan fingerprint density at radius 2 is 1.57 bits per heavy atom. The molecule has 3 aromatic rings. The highest BCUT2D eigenvalue weighted by Gasteiger charge is 2.33. The molecule has 0 fully saturated rings. The molecular formula is C42H62N2O3. The Bertz CT molecular complexity index is 1370. The largest absolute Gasteiger partial charge is 0.497 e. The third-order valence-corrected chi connectivity index (χ3v) is 7.53. The number of aryl methyl sites for hydroxylation is 3. The van der Waals surface area contributed by atoms with E-state index in [9.17, 15) is 4.79 Å². The average molecular weight is 643 g/mol. The first-order valence-electron chi connectivity index (χ1n) is 17.0.